The topological polar surface area (TPSA) is 95.1 Å². The molecule has 7 nitrogen and oxygen atoms in total. The third-order valence-corrected chi connectivity index (χ3v) is 4.12. The summed E-state index contributed by atoms with van der Waals surface area (Å²) in [6, 6.07) is 12.3. The van der Waals surface area contributed by atoms with E-state index in [-0.39, 0.29) is 18.0 Å². The van der Waals surface area contributed by atoms with E-state index < -0.39 is 25.0 Å². The third kappa shape index (κ3) is 5.35. The fraction of sp³-hybridized carbons (Fsp3) is 0.250. The number of nitrogens with zero attached hydrogens (tertiary/aromatic N) is 3. The molecule has 29 heavy (non-hydrogen) atoms. The lowest BCUT2D eigenvalue weighted by Gasteiger charge is -2.16. The Morgan fingerprint density at radius 3 is 2.72 bits per heavy atom. The Bertz CT molecular complexity index is 976. The predicted octanol–water partition coefficient (Wildman–Crippen LogP) is 2.74. The van der Waals surface area contributed by atoms with Gasteiger partial charge in [-0.3, -0.25) is 9.48 Å². The highest BCUT2D eigenvalue weighted by Crippen LogP contribution is 2.22. The van der Waals surface area contributed by atoms with Crippen molar-refractivity contribution in [2.24, 2.45) is 0 Å². The summed E-state index contributed by atoms with van der Waals surface area (Å²) in [5.74, 6) is -3.53. The van der Waals surface area contributed by atoms with Crippen LogP contribution in [-0.2, 0) is 17.9 Å². The van der Waals surface area contributed by atoms with Gasteiger partial charge in [-0.05, 0) is 17.7 Å². The molecule has 0 saturated carbocycles. The van der Waals surface area contributed by atoms with E-state index in [0.717, 1.165) is 10.2 Å². The molecule has 0 aliphatic heterocycles. The van der Waals surface area contributed by atoms with Crippen LogP contribution in [0.15, 0.2) is 54.9 Å². The van der Waals surface area contributed by atoms with Gasteiger partial charge < -0.3 is 15.8 Å². The van der Waals surface area contributed by atoms with Crippen LogP contribution in [0.1, 0.15) is 16.1 Å². The van der Waals surface area contributed by atoms with Crippen LogP contribution in [0.2, 0.25) is 0 Å². The molecule has 0 saturated heterocycles. The molecule has 0 radical (unpaired) electrons. The second-order valence-electron chi connectivity index (χ2n) is 6.47. The van der Waals surface area contributed by atoms with Gasteiger partial charge in [0.15, 0.2) is 5.69 Å². The molecular weight excluding hydrogens is 380 g/mol. The van der Waals surface area contributed by atoms with Crippen molar-refractivity contribution in [2.75, 3.05) is 19.4 Å². The van der Waals surface area contributed by atoms with Crippen LogP contribution in [0.4, 0.5) is 14.5 Å². The fourth-order valence-electron chi connectivity index (χ4n) is 2.69. The molecule has 3 N–H and O–H groups in total. The number of nitrogens with two attached hydrogens (primary N) is 1. The van der Waals surface area contributed by atoms with Gasteiger partial charge in [0.1, 0.15) is 13.2 Å². The number of anilines is 1. The number of aromatic nitrogens is 3. The molecule has 9 heteroatoms. The standard InChI is InChI=1S/C20H21F2N5O2/c1-24-19(28)18-16(23)7-8-17(26-18)15-9-25-27(10-15)12-20(21,22)13-29-11-14-5-3-2-4-6-14/h2-10H,11-13,23H2,1H3,(H,24,28). The summed E-state index contributed by atoms with van der Waals surface area (Å²) in [4.78, 5) is 16.0. The number of hydrogen-bond donors (Lipinski definition) is 2. The molecule has 152 valence electrons. The van der Waals surface area contributed by atoms with Gasteiger partial charge in [-0.2, -0.15) is 5.10 Å². The summed E-state index contributed by atoms with van der Waals surface area (Å²) >= 11 is 0. The Hall–Kier alpha value is -3.33. The Morgan fingerprint density at radius 2 is 2.00 bits per heavy atom. The van der Waals surface area contributed by atoms with Crippen molar-refractivity contribution in [3.63, 3.8) is 0 Å². The third-order valence-electron chi connectivity index (χ3n) is 4.12. The second-order valence-corrected chi connectivity index (χ2v) is 6.47. The van der Waals surface area contributed by atoms with Crippen LogP contribution in [-0.4, -0.2) is 40.2 Å². The van der Waals surface area contributed by atoms with Crippen LogP contribution in [0, 0.1) is 0 Å². The number of nitrogen functional groups attached to an aromatic ring is 1. The number of pyridine rings is 1. The number of ether oxygens (including phenoxy) is 1. The Balaban J connectivity index is 1.64. The highest BCUT2D eigenvalue weighted by atomic mass is 19.3. The van der Waals surface area contributed by atoms with Gasteiger partial charge >= 0.3 is 0 Å². The van der Waals surface area contributed by atoms with Gasteiger partial charge in [0.2, 0.25) is 0 Å². The molecule has 2 heterocycles. The molecule has 0 spiro atoms. The van der Waals surface area contributed by atoms with Crippen molar-refractivity contribution in [2.45, 2.75) is 19.1 Å². The molecular formula is C20H21F2N5O2. The molecule has 0 bridgehead atoms. The van der Waals surface area contributed by atoms with E-state index >= 15 is 0 Å². The van der Waals surface area contributed by atoms with Crippen LogP contribution in [0.5, 0.6) is 0 Å². The smallest absolute Gasteiger partial charge is 0.290 e. The SMILES string of the molecule is CNC(=O)c1nc(-c2cnn(CC(F)(F)COCc3ccccc3)c2)ccc1N. The van der Waals surface area contributed by atoms with Gasteiger partial charge in [0.05, 0.1) is 24.2 Å². The summed E-state index contributed by atoms with van der Waals surface area (Å²) < 4.78 is 34.7. The number of rotatable bonds is 8. The Morgan fingerprint density at radius 1 is 1.24 bits per heavy atom. The van der Waals surface area contributed by atoms with Crippen molar-refractivity contribution in [1.82, 2.24) is 20.1 Å². The summed E-state index contributed by atoms with van der Waals surface area (Å²) in [6.07, 6.45) is 2.85. The Labute approximate surface area is 166 Å². The van der Waals surface area contributed by atoms with E-state index in [1.165, 1.54) is 25.5 Å². The van der Waals surface area contributed by atoms with Crippen LogP contribution < -0.4 is 11.1 Å². The number of alkyl halides is 2. The van der Waals surface area contributed by atoms with Gasteiger partial charge in [-0.1, -0.05) is 30.3 Å². The largest absolute Gasteiger partial charge is 0.397 e. The number of amides is 1. The molecule has 3 aromatic rings. The Kier molecular flexibility index (Phi) is 6.18. The van der Waals surface area contributed by atoms with Gasteiger partial charge in [-0.15, -0.1) is 0 Å². The normalized spacial score (nSPS) is 11.4. The van der Waals surface area contributed by atoms with E-state index in [1.54, 1.807) is 6.07 Å². The lowest BCUT2D eigenvalue weighted by atomic mass is 10.2. The minimum Gasteiger partial charge on any atom is -0.397 e. The molecule has 2 aromatic heterocycles. The minimum absolute atomic E-state index is 0.0670. The molecule has 1 aromatic carbocycles. The first-order valence-electron chi connectivity index (χ1n) is 8.89. The fourth-order valence-corrected chi connectivity index (χ4v) is 2.69. The summed E-state index contributed by atoms with van der Waals surface area (Å²) in [6.45, 7) is -1.25. The number of nitrogens with one attached hydrogen (secondary N) is 1. The monoisotopic (exact) mass is 401 g/mol. The number of halogens is 2. The molecule has 0 atom stereocenters. The average Bonchev–Trinajstić information content (AvgIpc) is 3.16. The maximum Gasteiger partial charge on any atom is 0.290 e. The zero-order valence-corrected chi connectivity index (χ0v) is 15.8. The van der Waals surface area contributed by atoms with Crippen molar-refractivity contribution in [3.8, 4) is 11.3 Å². The molecule has 0 aliphatic carbocycles. The quantitative estimate of drug-likeness (QED) is 0.605. The van der Waals surface area contributed by atoms with Crippen LogP contribution in [0.3, 0.4) is 0 Å². The number of hydrogen-bond acceptors (Lipinski definition) is 5. The molecule has 1 amide bonds. The summed E-state index contributed by atoms with van der Waals surface area (Å²) in [5, 5.41) is 6.42. The predicted molar refractivity (Wildman–Crippen MR) is 104 cm³/mol. The van der Waals surface area contributed by atoms with Crippen molar-refractivity contribution in [1.29, 1.82) is 0 Å². The van der Waals surface area contributed by atoms with Gasteiger partial charge in [0, 0.05) is 18.8 Å². The van der Waals surface area contributed by atoms with Gasteiger partial charge in [-0.25, -0.2) is 13.8 Å². The summed E-state index contributed by atoms with van der Waals surface area (Å²) in [7, 11) is 1.47. The zero-order chi connectivity index (χ0) is 20.9. The molecule has 3 rings (SSSR count). The van der Waals surface area contributed by atoms with Crippen molar-refractivity contribution < 1.29 is 18.3 Å². The lowest BCUT2D eigenvalue weighted by Crippen LogP contribution is -2.29. The maximum atomic E-state index is 14.2. The minimum atomic E-state index is -3.10. The first-order chi connectivity index (χ1) is 13.9. The van der Waals surface area contributed by atoms with E-state index in [0.29, 0.717) is 11.3 Å². The average molecular weight is 401 g/mol. The molecule has 0 aliphatic rings. The van der Waals surface area contributed by atoms with E-state index in [1.807, 2.05) is 30.3 Å². The highest BCUT2D eigenvalue weighted by Gasteiger charge is 2.30. The van der Waals surface area contributed by atoms with E-state index in [4.69, 9.17) is 10.5 Å². The van der Waals surface area contributed by atoms with E-state index in [9.17, 15) is 13.6 Å². The van der Waals surface area contributed by atoms with Crippen LogP contribution in [0.25, 0.3) is 11.3 Å². The molecule has 0 unspecified atom stereocenters. The second kappa shape index (κ2) is 8.78. The first-order valence-corrected chi connectivity index (χ1v) is 8.89. The lowest BCUT2D eigenvalue weighted by molar-refractivity contribution is -0.0937. The van der Waals surface area contributed by atoms with Crippen LogP contribution >= 0.6 is 0 Å². The highest BCUT2D eigenvalue weighted by molar-refractivity contribution is 5.97. The number of benzene rings is 1. The van der Waals surface area contributed by atoms with Crippen molar-refractivity contribution in [3.05, 3.63) is 66.1 Å². The number of carbonyl (C=O) groups is 1. The first kappa shape index (κ1) is 20.4. The zero-order valence-electron chi connectivity index (χ0n) is 15.8. The van der Waals surface area contributed by atoms with Crippen molar-refractivity contribution >= 4 is 11.6 Å². The number of carbonyl (C=O) groups excluding carboxylic acids is 1. The van der Waals surface area contributed by atoms with Gasteiger partial charge in [0.25, 0.3) is 11.8 Å². The van der Waals surface area contributed by atoms with E-state index in [2.05, 4.69) is 15.4 Å². The maximum absolute atomic E-state index is 14.2. The molecule has 0 fully saturated rings. The summed E-state index contributed by atoms with van der Waals surface area (Å²) in [5.41, 5.74) is 7.79.